The number of amides is 2. The summed E-state index contributed by atoms with van der Waals surface area (Å²) >= 11 is 9.90. The highest BCUT2D eigenvalue weighted by molar-refractivity contribution is 9.10. The number of rotatable bonds is 9. The van der Waals surface area contributed by atoms with Crippen molar-refractivity contribution in [1.82, 2.24) is 10.2 Å². The molecule has 0 spiro atoms. The van der Waals surface area contributed by atoms with E-state index in [-0.39, 0.29) is 25.0 Å². The van der Waals surface area contributed by atoms with Crippen molar-refractivity contribution in [2.24, 2.45) is 0 Å². The number of carbonyl (C=O) groups excluding carboxylic acids is 2. The van der Waals surface area contributed by atoms with Crippen LogP contribution in [0.5, 0.6) is 5.75 Å². The second-order valence-electron chi connectivity index (χ2n) is 9.41. The van der Waals surface area contributed by atoms with E-state index in [0.29, 0.717) is 23.1 Å². The Morgan fingerprint density at radius 1 is 1.15 bits per heavy atom. The van der Waals surface area contributed by atoms with Crippen LogP contribution in [-0.4, -0.2) is 34.9 Å². The highest BCUT2D eigenvalue weighted by Gasteiger charge is 2.31. The Bertz CT molecular complexity index is 972. The monoisotopic (exact) mass is 536 g/mol. The number of nitrogens with zero attached hydrogens (tertiary/aromatic N) is 1. The molecule has 0 aliphatic rings. The summed E-state index contributed by atoms with van der Waals surface area (Å²) in [6.45, 7) is 11.9. The van der Waals surface area contributed by atoms with Crippen LogP contribution in [0.1, 0.15) is 65.0 Å². The van der Waals surface area contributed by atoms with Crippen molar-refractivity contribution in [2.75, 3.05) is 6.61 Å². The van der Waals surface area contributed by atoms with Crippen LogP contribution in [0.25, 0.3) is 0 Å². The van der Waals surface area contributed by atoms with Crippen LogP contribution in [0, 0.1) is 0 Å². The first-order valence-corrected chi connectivity index (χ1v) is 12.4. The molecule has 1 unspecified atom stereocenters. The Labute approximate surface area is 211 Å². The van der Waals surface area contributed by atoms with Crippen molar-refractivity contribution < 1.29 is 14.3 Å². The van der Waals surface area contributed by atoms with Crippen LogP contribution < -0.4 is 10.1 Å². The second-order valence-corrected chi connectivity index (χ2v) is 10.7. The van der Waals surface area contributed by atoms with Crippen LogP contribution >= 0.6 is 27.5 Å². The van der Waals surface area contributed by atoms with E-state index in [2.05, 4.69) is 35.1 Å². The Morgan fingerprint density at radius 2 is 1.82 bits per heavy atom. The second kappa shape index (κ2) is 11.9. The molecular formula is C26H34BrClN2O3. The number of hydrogen-bond acceptors (Lipinski definition) is 3. The highest BCUT2D eigenvalue weighted by Crippen LogP contribution is 2.29. The molecule has 0 fully saturated rings. The molecular weight excluding hydrogens is 504 g/mol. The van der Waals surface area contributed by atoms with Gasteiger partial charge in [-0.15, -0.1) is 0 Å². The van der Waals surface area contributed by atoms with Crippen LogP contribution in [-0.2, 0) is 16.1 Å². The third-order valence-corrected chi connectivity index (χ3v) is 6.14. The van der Waals surface area contributed by atoms with Gasteiger partial charge in [0.1, 0.15) is 11.8 Å². The SMILES string of the molecule is CCC(C(=O)NC(C)(C)C)N(Cc1ccccc1Cl)C(=O)COc1ccc(C(C)C)cc1Br. The minimum atomic E-state index is -0.650. The van der Waals surface area contributed by atoms with Gasteiger partial charge in [-0.05, 0) is 78.4 Å². The maximum Gasteiger partial charge on any atom is 0.261 e. The lowest BCUT2D eigenvalue weighted by atomic mass is 10.0. The predicted molar refractivity (Wildman–Crippen MR) is 138 cm³/mol. The lowest BCUT2D eigenvalue weighted by Crippen LogP contribution is -2.54. The fourth-order valence-corrected chi connectivity index (χ4v) is 4.10. The van der Waals surface area contributed by atoms with Crippen LogP contribution in [0.4, 0.5) is 0 Å². The quantitative estimate of drug-likeness (QED) is 0.407. The summed E-state index contributed by atoms with van der Waals surface area (Å²) in [7, 11) is 0. The summed E-state index contributed by atoms with van der Waals surface area (Å²) < 4.78 is 6.64. The van der Waals surface area contributed by atoms with E-state index in [4.69, 9.17) is 16.3 Å². The molecule has 1 N–H and O–H groups in total. The zero-order valence-corrected chi connectivity index (χ0v) is 22.6. The summed E-state index contributed by atoms with van der Waals surface area (Å²) in [5.41, 5.74) is 1.53. The fourth-order valence-electron chi connectivity index (χ4n) is 3.40. The van der Waals surface area contributed by atoms with E-state index in [1.807, 2.05) is 64.1 Å². The van der Waals surface area contributed by atoms with E-state index in [9.17, 15) is 9.59 Å². The summed E-state index contributed by atoms with van der Waals surface area (Å²) in [4.78, 5) is 28.0. The van der Waals surface area contributed by atoms with Gasteiger partial charge in [-0.25, -0.2) is 0 Å². The zero-order chi connectivity index (χ0) is 24.8. The minimum Gasteiger partial charge on any atom is -0.483 e. The zero-order valence-electron chi connectivity index (χ0n) is 20.2. The van der Waals surface area contributed by atoms with Gasteiger partial charge in [0.2, 0.25) is 5.91 Å². The molecule has 7 heteroatoms. The Hall–Kier alpha value is -2.05. The van der Waals surface area contributed by atoms with Gasteiger partial charge in [0.15, 0.2) is 6.61 Å². The maximum atomic E-state index is 13.4. The summed E-state index contributed by atoms with van der Waals surface area (Å²) in [5, 5.41) is 3.54. The number of carbonyl (C=O) groups is 2. The Balaban J connectivity index is 2.27. The number of benzene rings is 2. The van der Waals surface area contributed by atoms with Gasteiger partial charge >= 0.3 is 0 Å². The fraction of sp³-hybridized carbons (Fsp3) is 0.462. The summed E-state index contributed by atoms with van der Waals surface area (Å²) in [6, 6.07) is 12.5. The molecule has 0 aromatic heterocycles. The first-order chi connectivity index (χ1) is 15.4. The number of hydrogen-bond donors (Lipinski definition) is 1. The van der Waals surface area contributed by atoms with Gasteiger partial charge in [-0.1, -0.05) is 56.6 Å². The van der Waals surface area contributed by atoms with Crippen molar-refractivity contribution in [3.05, 3.63) is 63.1 Å². The normalized spacial score (nSPS) is 12.4. The van der Waals surface area contributed by atoms with Gasteiger partial charge < -0.3 is 15.0 Å². The lowest BCUT2D eigenvalue weighted by Gasteiger charge is -2.33. The van der Waals surface area contributed by atoms with Crippen molar-refractivity contribution >= 4 is 39.3 Å². The van der Waals surface area contributed by atoms with Crippen LogP contribution in [0.15, 0.2) is 46.9 Å². The van der Waals surface area contributed by atoms with Gasteiger partial charge in [-0.3, -0.25) is 9.59 Å². The lowest BCUT2D eigenvalue weighted by molar-refractivity contribution is -0.143. The molecule has 0 aliphatic heterocycles. The maximum absolute atomic E-state index is 13.4. The molecule has 0 aliphatic carbocycles. The number of nitrogens with one attached hydrogen (secondary N) is 1. The molecule has 0 heterocycles. The molecule has 0 saturated carbocycles. The van der Waals surface area contributed by atoms with Crippen LogP contribution in [0.2, 0.25) is 5.02 Å². The number of halogens is 2. The number of ether oxygens (including phenoxy) is 1. The first-order valence-electron chi connectivity index (χ1n) is 11.2. The smallest absolute Gasteiger partial charge is 0.261 e. The molecule has 2 aromatic carbocycles. The van der Waals surface area contributed by atoms with E-state index >= 15 is 0 Å². The third kappa shape index (κ3) is 8.04. The van der Waals surface area contributed by atoms with E-state index in [1.165, 1.54) is 5.56 Å². The molecule has 2 aromatic rings. The van der Waals surface area contributed by atoms with Gasteiger partial charge in [-0.2, -0.15) is 0 Å². The molecule has 5 nitrogen and oxygen atoms in total. The minimum absolute atomic E-state index is 0.191. The van der Waals surface area contributed by atoms with Gasteiger partial charge in [0.05, 0.1) is 4.47 Å². The average molecular weight is 538 g/mol. The summed E-state index contributed by atoms with van der Waals surface area (Å²) in [6.07, 6.45) is 0.463. The molecule has 33 heavy (non-hydrogen) atoms. The standard InChI is InChI=1S/C26H34BrClN2O3/c1-7-22(25(32)29-26(4,5)6)30(15-19-10-8-9-11-21(19)28)24(31)16-33-23-13-12-18(17(2)3)14-20(23)27/h8-14,17,22H,7,15-16H2,1-6H3,(H,29,32). The predicted octanol–water partition coefficient (Wildman–Crippen LogP) is 6.33. The largest absolute Gasteiger partial charge is 0.483 e. The molecule has 1 atom stereocenters. The Kier molecular flexibility index (Phi) is 9.80. The van der Waals surface area contributed by atoms with Crippen molar-refractivity contribution in [3.8, 4) is 5.75 Å². The molecule has 0 bridgehead atoms. The van der Waals surface area contributed by atoms with Crippen molar-refractivity contribution in [2.45, 2.75) is 72.0 Å². The molecule has 0 radical (unpaired) electrons. The topological polar surface area (TPSA) is 58.6 Å². The van der Waals surface area contributed by atoms with E-state index < -0.39 is 11.6 Å². The molecule has 2 amide bonds. The van der Waals surface area contributed by atoms with Crippen molar-refractivity contribution in [1.29, 1.82) is 0 Å². The highest BCUT2D eigenvalue weighted by atomic mass is 79.9. The first kappa shape index (κ1) is 27.2. The van der Waals surface area contributed by atoms with Crippen LogP contribution in [0.3, 0.4) is 0 Å². The van der Waals surface area contributed by atoms with E-state index in [0.717, 1.165) is 10.0 Å². The molecule has 180 valence electrons. The molecule has 2 rings (SSSR count). The van der Waals surface area contributed by atoms with Gasteiger partial charge in [0.25, 0.3) is 5.91 Å². The Morgan fingerprint density at radius 3 is 2.36 bits per heavy atom. The molecule has 0 saturated heterocycles. The van der Waals surface area contributed by atoms with Crippen molar-refractivity contribution in [3.63, 3.8) is 0 Å². The third-order valence-electron chi connectivity index (χ3n) is 5.16. The van der Waals surface area contributed by atoms with Gasteiger partial charge in [0, 0.05) is 17.1 Å². The average Bonchev–Trinajstić information content (AvgIpc) is 2.72. The van der Waals surface area contributed by atoms with E-state index in [1.54, 1.807) is 11.0 Å². The summed E-state index contributed by atoms with van der Waals surface area (Å²) in [5.74, 6) is 0.478.